The summed E-state index contributed by atoms with van der Waals surface area (Å²) < 4.78 is 0. The van der Waals surface area contributed by atoms with E-state index in [1.54, 1.807) is 6.07 Å². The minimum Gasteiger partial charge on any atom is -0.369 e. The average molecular weight is 276 g/mol. The normalized spacial score (nSPS) is 15.6. The molecule has 0 radical (unpaired) electrons. The third kappa shape index (κ3) is 4.47. The summed E-state index contributed by atoms with van der Waals surface area (Å²) >= 11 is 0. The summed E-state index contributed by atoms with van der Waals surface area (Å²) in [6, 6.07) is 3.86. The highest BCUT2D eigenvalue weighted by molar-refractivity contribution is 5.92. The molecule has 2 N–H and O–H groups in total. The predicted octanol–water partition coefficient (Wildman–Crippen LogP) is 2.61. The van der Waals surface area contributed by atoms with Gasteiger partial charge in [-0.1, -0.05) is 26.7 Å². The van der Waals surface area contributed by atoms with Crippen LogP contribution in [-0.4, -0.2) is 28.7 Å². The molecule has 1 saturated carbocycles. The minimum atomic E-state index is -0.113. The van der Waals surface area contributed by atoms with Crippen molar-refractivity contribution in [2.45, 2.75) is 52.0 Å². The second kappa shape index (κ2) is 7.22. The SMILES string of the molecule is CC(C)CCNc1ccc(C(=O)NC2CCCC2)nn1. The molecule has 0 atom stereocenters. The Hall–Kier alpha value is -1.65. The number of amides is 1. The van der Waals surface area contributed by atoms with Crippen LogP contribution in [0.4, 0.5) is 5.82 Å². The first-order valence-electron chi connectivity index (χ1n) is 7.53. The lowest BCUT2D eigenvalue weighted by Crippen LogP contribution is -2.33. The van der Waals surface area contributed by atoms with Crippen molar-refractivity contribution in [2.24, 2.45) is 5.92 Å². The summed E-state index contributed by atoms with van der Waals surface area (Å²) in [5.74, 6) is 1.27. The molecule has 1 amide bonds. The van der Waals surface area contributed by atoms with Gasteiger partial charge in [-0.05, 0) is 37.3 Å². The van der Waals surface area contributed by atoms with E-state index in [1.165, 1.54) is 12.8 Å². The van der Waals surface area contributed by atoms with Crippen LogP contribution in [0.15, 0.2) is 12.1 Å². The summed E-state index contributed by atoms with van der Waals surface area (Å²) in [5, 5.41) is 14.3. The lowest BCUT2D eigenvalue weighted by molar-refractivity contribution is 0.0932. The quantitative estimate of drug-likeness (QED) is 0.838. The molecule has 1 aromatic heterocycles. The van der Waals surface area contributed by atoms with Gasteiger partial charge in [-0.25, -0.2) is 0 Å². The van der Waals surface area contributed by atoms with Gasteiger partial charge in [0.05, 0.1) is 0 Å². The number of carbonyl (C=O) groups is 1. The molecule has 5 nitrogen and oxygen atoms in total. The van der Waals surface area contributed by atoms with Crippen molar-refractivity contribution in [3.05, 3.63) is 17.8 Å². The molecule has 0 saturated heterocycles. The second-order valence-corrected chi connectivity index (χ2v) is 5.87. The molecule has 2 rings (SSSR count). The van der Waals surface area contributed by atoms with Crippen molar-refractivity contribution in [1.82, 2.24) is 15.5 Å². The van der Waals surface area contributed by atoms with Gasteiger partial charge < -0.3 is 10.6 Å². The number of nitrogens with zero attached hydrogens (tertiary/aromatic N) is 2. The lowest BCUT2D eigenvalue weighted by atomic mass is 10.1. The molecule has 1 fully saturated rings. The van der Waals surface area contributed by atoms with Gasteiger partial charge in [0.2, 0.25) is 0 Å². The number of hydrogen-bond acceptors (Lipinski definition) is 4. The summed E-state index contributed by atoms with van der Waals surface area (Å²) in [5.41, 5.74) is 0.395. The average Bonchev–Trinajstić information content (AvgIpc) is 2.92. The Morgan fingerprint density at radius 1 is 1.30 bits per heavy atom. The maximum Gasteiger partial charge on any atom is 0.272 e. The fourth-order valence-corrected chi connectivity index (χ4v) is 2.37. The number of carbonyl (C=O) groups excluding carboxylic acids is 1. The first-order chi connectivity index (χ1) is 9.65. The summed E-state index contributed by atoms with van der Waals surface area (Å²) in [7, 11) is 0. The zero-order valence-electron chi connectivity index (χ0n) is 12.4. The van der Waals surface area contributed by atoms with Gasteiger partial charge in [0.1, 0.15) is 5.82 Å². The zero-order chi connectivity index (χ0) is 14.4. The molecule has 0 bridgehead atoms. The van der Waals surface area contributed by atoms with E-state index in [9.17, 15) is 4.79 Å². The number of anilines is 1. The molecule has 1 aromatic rings. The number of hydrogen-bond donors (Lipinski definition) is 2. The highest BCUT2D eigenvalue weighted by Crippen LogP contribution is 2.18. The molecular weight excluding hydrogens is 252 g/mol. The second-order valence-electron chi connectivity index (χ2n) is 5.87. The largest absolute Gasteiger partial charge is 0.369 e. The van der Waals surface area contributed by atoms with Gasteiger partial charge in [0, 0.05) is 12.6 Å². The summed E-state index contributed by atoms with van der Waals surface area (Å²) in [6.45, 7) is 5.24. The smallest absolute Gasteiger partial charge is 0.272 e. The van der Waals surface area contributed by atoms with E-state index in [-0.39, 0.29) is 5.91 Å². The molecule has 1 aliphatic rings. The molecule has 1 heterocycles. The third-order valence-corrected chi connectivity index (χ3v) is 3.62. The van der Waals surface area contributed by atoms with E-state index >= 15 is 0 Å². The van der Waals surface area contributed by atoms with Crippen molar-refractivity contribution in [2.75, 3.05) is 11.9 Å². The summed E-state index contributed by atoms with van der Waals surface area (Å²) in [6.07, 6.45) is 5.65. The van der Waals surface area contributed by atoms with E-state index in [0.717, 1.165) is 31.6 Å². The third-order valence-electron chi connectivity index (χ3n) is 3.62. The van der Waals surface area contributed by atoms with E-state index in [2.05, 4.69) is 34.7 Å². The number of nitrogens with one attached hydrogen (secondary N) is 2. The van der Waals surface area contributed by atoms with Crippen LogP contribution in [-0.2, 0) is 0 Å². The lowest BCUT2D eigenvalue weighted by Gasteiger charge is -2.11. The predicted molar refractivity (Wildman–Crippen MR) is 79.7 cm³/mol. The van der Waals surface area contributed by atoms with Crippen LogP contribution in [0.3, 0.4) is 0 Å². The highest BCUT2D eigenvalue weighted by atomic mass is 16.2. The van der Waals surface area contributed by atoms with Crippen molar-refractivity contribution >= 4 is 11.7 Å². The van der Waals surface area contributed by atoms with E-state index in [1.807, 2.05) is 6.07 Å². The number of aromatic nitrogens is 2. The van der Waals surface area contributed by atoms with Crippen molar-refractivity contribution in [3.8, 4) is 0 Å². The zero-order valence-corrected chi connectivity index (χ0v) is 12.4. The number of rotatable bonds is 6. The maximum atomic E-state index is 12.0. The Bertz CT molecular complexity index is 424. The molecule has 20 heavy (non-hydrogen) atoms. The fraction of sp³-hybridized carbons (Fsp3) is 0.667. The van der Waals surface area contributed by atoms with Crippen molar-refractivity contribution in [3.63, 3.8) is 0 Å². The van der Waals surface area contributed by atoms with Gasteiger partial charge in [0.15, 0.2) is 5.69 Å². The van der Waals surface area contributed by atoms with Crippen LogP contribution < -0.4 is 10.6 Å². The van der Waals surface area contributed by atoms with Crippen molar-refractivity contribution in [1.29, 1.82) is 0 Å². The Morgan fingerprint density at radius 2 is 2.05 bits per heavy atom. The Morgan fingerprint density at radius 3 is 2.65 bits per heavy atom. The highest BCUT2D eigenvalue weighted by Gasteiger charge is 2.18. The standard InChI is InChI=1S/C15H24N4O/c1-11(2)9-10-16-14-8-7-13(18-19-14)15(20)17-12-5-3-4-6-12/h7-8,11-12H,3-6,9-10H2,1-2H3,(H,16,19)(H,17,20). The van der Waals surface area contributed by atoms with Crippen LogP contribution in [0.2, 0.25) is 0 Å². The van der Waals surface area contributed by atoms with E-state index in [4.69, 9.17) is 0 Å². The van der Waals surface area contributed by atoms with Crippen LogP contribution in [0.25, 0.3) is 0 Å². The van der Waals surface area contributed by atoms with Gasteiger partial charge in [0.25, 0.3) is 5.91 Å². The minimum absolute atomic E-state index is 0.113. The van der Waals surface area contributed by atoms with Gasteiger partial charge in [-0.2, -0.15) is 0 Å². The topological polar surface area (TPSA) is 66.9 Å². The molecule has 0 aliphatic heterocycles. The molecule has 5 heteroatoms. The Balaban J connectivity index is 1.82. The van der Waals surface area contributed by atoms with Crippen LogP contribution in [0.5, 0.6) is 0 Å². The maximum absolute atomic E-state index is 12.0. The first kappa shape index (κ1) is 14.8. The van der Waals surface area contributed by atoms with Gasteiger partial charge in [-0.3, -0.25) is 4.79 Å². The molecule has 1 aliphatic carbocycles. The van der Waals surface area contributed by atoms with Crippen LogP contribution >= 0.6 is 0 Å². The Labute approximate surface area is 120 Å². The summed E-state index contributed by atoms with van der Waals surface area (Å²) in [4.78, 5) is 12.0. The molecular formula is C15H24N4O. The van der Waals surface area contributed by atoms with Gasteiger partial charge >= 0.3 is 0 Å². The fourth-order valence-electron chi connectivity index (χ4n) is 2.37. The molecule has 110 valence electrons. The van der Waals surface area contributed by atoms with E-state index < -0.39 is 0 Å². The van der Waals surface area contributed by atoms with Crippen LogP contribution in [0.1, 0.15) is 56.4 Å². The van der Waals surface area contributed by atoms with E-state index in [0.29, 0.717) is 17.7 Å². The Kier molecular flexibility index (Phi) is 5.32. The molecule has 0 spiro atoms. The monoisotopic (exact) mass is 276 g/mol. The van der Waals surface area contributed by atoms with Gasteiger partial charge in [-0.15, -0.1) is 10.2 Å². The molecule has 0 aromatic carbocycles. The van der Waals surface area contributed by atoms with Crippen LogP contribution in [0, 0.1) is 5.92 Å². The first-order valence-corrected chi connectivity index (χ1v) is 7.53. The molecule has 0 unspecified atom stereocenters. The van der Waals surface area contributed by atoms with Crippen molar-refractivity contribution < 1.29 is 4.79 Å².